The zero-order chi connectivity index (χ0) is 18.5. The highest BCUT2D eigenvalue weighted by atomic mass is 16.5. The van der Waals surface area contributed by atoms with E-state index in [-0.39, 0.29) is 0 Å². The minimum atomic E-state index is 0.670. The monoisotopic (exact) mass is 354 g/mol. The van der Waals surface area contributed by atoms with Crippen molar-refractivity contribution in [3.8, 4) is 5.75 Å². The molecular formula is C24H22N2O. The van der Waals surface area contributed by atoms with Crippen LogP contribution in [0.5, 0.6) is 5.75 Å². The maximum Gasteiger partial charge on any atom is 0.119 e. The topological polar surface area (TPSA) is 26.5 Å². The van der Waals surface area contributed by atoms with E-state index >= 15 is 0 Å². The number of aliphatic imine (C=N–C) groups is 1. The third-order valence-electron chi connectivity index (χ3n) is 4.52. The second-order valence-electron chi connectivity index (χ2n) is 6.40. The average molecular weight is 354 g/mol. The van der Waals surface area contributed by atoms with Crippen molar-refractivity contribution in [2.24, 2.45) is 4.99 Å². The SMILES string of the molecule is CCOc1ccc(N=Cc2cn(Cc3ccccc3)c3ccccc23)cc1. The highest BCUT2D eigenvalue weighted by Gasteiger charge is 2.07. The molecule has 0 bridgehead atoms. The highest BCUT2D eigenvalue weighted by Crippen LogP contribution is 2.23. The summed E-state index contributed by atoms with van der Waals surface area (Å²) in [5, 5.41) is 1.21. The molecule has 0 aliphatic rings. The van der Waals surface area contributed by atoms with E-state index in [1.807, 2.05) is 43.5 Å². The zero-order valence-corrected chi connectivity index (χ0v) is 15.4. The molecular weight excluding hydrogens is 332 g/mol. The van der Waals surface area contributed by atoms with Crippen LogP contribution in [0.25, 0.3) is 10.9 Å². The minimum absolute atomic E-state index is 0.670. The Balaban J connectivity index is 1.63. The van der Waals surface area contributed by atoms with E-state index in [9.17, 15) is 0 Å². The van der Waals surface area contributed by atoms with E-state index in [1.165, 1.54) is 16.5 Å². The average Bonchev–Trinajstić information content (AvgIpc) is 3.06. The van der Waals surface area contributed by atoms with Gasteiger partial charge in [0, 0.05) is 35.4 Å². The number of hydrogen-bond donors (Lipinski definition) is 0. The quantitative estimate of drug-likeness (QED) is 0.400. The molecule has 3 aromatic carbocycles. The van der Waals surface area contributed by atoms with Gasteiger partial charge in [-0.05, 0) is 42.8 Å². The fourth-order valence-electron chi connectivity index (χ4n) is 3.23. The van der Waals surface area contributed by atoms with Crippen molar-refractivity contribution in [2.75, 3.05) is 6.61 Å². The summed E-state index contributed by atoms with van der Waals surface area (Å²) in [6.07, 6.45) is 4.12. The molecule has 0 atom stereocenters. The van der Waals surface area contributed by atoms with Crippen LogP contribution in [0.1, 0.15) is 18.1 Å². The van der Waals surface area contributed by atoms with Crippen LogP contribution in [0.2, 0.25) is 0 Å². The fraction of sp³-hybridized carbons (Fsp3) is 0.125. The Morgan fingerprint density at radius 1 is 0.889 bits per heavy atom. The third-order valence-corrected chi connectivity index (χ3v) is 4.52. The third kappa shape index (κ3) is 3.93. The predicted molar refractivity (Wildman–Crippen MR) is 112 cm³/mol. The van der Waals surface area contributed by atoms with Gasteiger partial charge in [-0.2, -0.15) is 0 Å². The van der Waals surface area contributed by atoms with E-state index < -0.39 is 0 Å². The van der Waals surface area contributed by atoms with Crippen LogP contribution in [0.3, 0.4) is 0 Å². The first-order chi connectivity index (χ1) is 13.3. The lowest BCUT2D eigenvalue weighted by atomic mass is 10.2. The number of fused-ring (bicyclic) bond motifs is 1. The maximum absolute atomic E-state index is 5.49. The number of ether oxygens (including phenoxy) is 1. The first-order valence-corrected chi connectivity index (χ1v) is 9.22. The summed E-state index contributed by atoms with van der Waals surface area (Å²) in [6, 6.07) is 26.8. The second kappa shape index (κ2) is 7.92. The van der Waals surface area contributed by atoms with Gasteiger partial charge in [-0.15, -0.1) is 0 Å². The van der Waals surface area contributed by atoms with E-state index in [2.05, 4.69) is 64.3 Å². The smallest absolute Gasteiger partial charge is 0.119 e. The molecule has 0 N–H and O–H groups in total. The Kier molecular flexibility index (Phi) is 5.01. The molecule has 0 aliphatic carbocycles. The van der Waals surface area contributed by atoms with Crippen LogP contribution in [0.4, 0.5) is 5.69 Å². The Labute approximate surface area is 159 Å². The number of hydrogen-bond acceptors (Lipinski definition) is 2. The Morgan fingerprint density at radius 3 is 2.41 bits per heavy atom. The first kappa shape index (κ1) is 17.1. The molecule has 0 radical (unpaired) electrons. The molecule has 0 spiro atoms. The Morgan fingerprint density at radius 2 is 1.63 bits per heavy atom. The number of nitrogens with zero attached hydrogens (tertiary/aromatic N) is 2. The van der Waals surface area contributed by atoms with Gasteiger partial charge in [0.05, 0.1) is 12.3 Å². The second-order valence-corrected chi connectivity index (χ2v) is 6.40. The van der Waals surface area contributed by atoms with Crippen LogP contribution in [0, 0.1) is 0 Å². The molecule has 0 aliphatic heterocycles. The first-order valence-electron chi connectivity index (χ1n) is 9.22. The molecule has 134 valence electrons. The fourth-order valence-corrected chi connectivity index (χ4v) is 3.23. The highest BCUT2D eigenvalue weighted by molar-refractivity contribution is 6.00. The van der Waals surface area contributed by atoms with Crippen LogP contribution in [-0.4, -0.2) is 17.4 Å². The summed E-state index contributed by atoms with van der Waals surface area (Å²) < 4.78 is 7.77. The van der Waals surface area contributed by atoms with Crippen molar-refractivity contribution in [3.05, 3.63) is 96.2 Å². The van der Waals surface area contributed by atoms with Gasteiger partial charge in [-0.1, -0.05) is 48.5 Å². The van der Waals surface area contributed by atoms with Gasteiger partial charge in [-0.25, -0.2) is 0 Å². The lowest BCUT2D eigenvalue weighted by molar-refractivity contribution is 0.340. The van der Waals surface area contributed by atoms with Crippen molar-refractivity contribution in [1.82, 2.24) is 4.57 Å². The van der Waals surface area contributed by atoms with Crippen molar-refractivity contribution in [1.29, 1.82) is 0 Å². The maximum atomic E-state index is 5.49. The molecule has 3 heteroatoms. The van der Waals surface area contributed by atoms with E-state index in [0.717, 1.165) is 23.5 Å². The van der Waals surface area contributed by atoms with Gasteiger partial charge in [0.1, 0.15) is 5.75 Å². The molecule has 0 fully saturated rings. The van der Waals surface area contributed by atoms with Crippen LogP contribution < -0.4 is 4.74 Å². The molecule has 0 saturated carbocycles. The van der Waals surface area contributed by atoms with Gasteiger partial charge >= 0.3 is 0 Å². The summed E-state index contributed by atoms with van der Waals surface area (Å²) in [7, 11) is 0. The standard InChI is InChI=1S/C24H22N2O/c1-2-27-22-14-12-21(13-15-22)25-16-20-18-26(17-19-8-4-3-5-9-19)24-11-7-6-10-23(20)24/h3-16,18H,2,17H2,1H3. The largest absolute Gasteiger partial charge is 0.494 e. The van der Waals surface area contributed by atoms with Crippen molar-refractivity contribution in [2.45, 2.75) is 13.5 Å². The van der Waals surface area contributed by atoms with Crippen molar-refractivity contribution >= 4 is 22.8 Å². The number of rotatable bonds is 6. The molecule has 1 aromatic heterocycles. The minimum Gasteiger partial charge on any atom is -0.494 e. The van der Waals surface area contributed by atoms with Gasteiger partial charge < -0.3 is 9.30 Å². The predicted octanol–water partition coefficient (Wildman–Crippen LogP) is 5.84. The lowest BCUT2D eigenvalue weighted by Crippen LogP contribution is -1.97. The van der Waals surface area contributed by atoms with E-state index in [1.54, 1.807) is 0 Å². The van der Waals surface area contributed by atoms with Gasteiger partial charge in [0.25, 0.3) is 0 Å². The normalized spacial score (nSPS) is 11.3. The summed E-state index contributed by atoms with van der Waals surface area (Å²) in [5.74, 6) is 0.871. The molecule has 0 unspecified atom stereocenters. The molecule has 4 rings (SSSR count). The molecule has 4 aromatic rings. The van der Waals surface area contributed by atoms with E-state index in [0.29, 0.717) is 6.61 Å². The summed E-state index contributed by atoms with van der Waals surface area (Å²) >= 11 is 0. The Bertz CT molecular complexity index is 1050. The lowest BCUT2D eigenvalue weighted by Gasteiger charge is -2.05. The number of para-hydroxylation sites is 1. The van der Waals surface area contributed by atoms with Gasteiger partial charge in [-0.3, -0.25) is 4.99 Å². The van der Waals surface area contributed by atoms with Crippen molar-refractivity contribution in [3.63, 3.8) is 0 Å². The number of aromatic nitrogens is 1. The van der Waals surface area contributed by atoms with Crippen molar-refractivity contribution < 1.29 is 4.74 Å². The van der Waals surface area contributed by atoms with Crippen LogP contribution in [0.15, 0.2) is 90.1 Å². The molecule has 3 nitrogen and oxygen atoms in total. The molecule has 0 amide bonds. The summed E-state index contributed by atoms with van der Waals surface area (Å²) in [6.45, 7) is 3.50. The summed E-state index contributed by atoms with van der Waals surface area (Å²) in [5.41, 5.74) is 4.54. The van der Waals surface area contributed by atoms with Gasteiger partial charge in [0.15, 0.2) is 0 Å². The number of benzene rings is 3. The van der Waals surface area contributed by atoms with E-state index in [4.69, 9.17) is 4.74 Å². The molecule has 1 heterocycles. The van der Waals surface area contributed by atoms with Gasteiger partial charge in [0.2, 0.25) is 0 Å². The summed E-state index contributed by atoms with van der Waals surface area (Å²) in [4.78, 5) is 4.65. The van der Waals surface area contributed by atoms with Crippen LogP contribution >= 0.6 is 0 Å². The molecule has 27 heavy (non-hydrogen) atoms. The molecule has 0 saturated heterocycles. The zero-order valence-electron chi connectivity index (χ0n) is 15.4. The Hall–Kier alpha value is -3.33. The van der Waals surface area contributed by atoms with Crippen LogP contribution in [-0.2, 0) is 6.54 Å².